The highest BCUT2D eigenvalue weighted by Gasteiger charge is 2.27. The summed E-state index contributed by atoms with van der Waals surface area (Å²) in [5.41, 5.74) is 5.93. The zero-order valence-corrected chi connectivity index (χ0v) is 11.0. The lowest BCUT2D eigenvalue weighted by Crippen LogP contribution is -2.43. The van der Waals surface area contributed by atoms with Crippen LogP contribution in [0, 0.1) is 11.8 Å². The molecule has 5 heteroatoms. The molecule has 1 aliphatic carbocycles. The number of carbonyl (C=O) groups is 2. The molecular weight excluding hydrogens is 232 g/mol. The quantitative estimate of drug-likeness (QED) is 0.621. The van der Waals surface area contributed by atoms with Crippen molar-refractivity contribution in [2.45, 2.75) is 51.5 Å². The summed E-state index contributed by atoms with van der Waals surface area (Å²) in [6.45, 7) is 2.22. The van der Waals surface area contributed by atoms with E-state index in [0.29, 0.717) is 19.4 Å². The van der Waals surface area contributed by atoms with E-state index in [0.717, 1.165) is 25.7 Å². The van der Waals surface area contributed by atoms with Gasteiger partial charge in [-0.15, -0.1) is 0 Å². The number of hydrogen-bond acceptors (Lipinski definition) is 3. The zero-order chi connectivity index (χ0) is 13.5. The molecule has 1 amide bonds. The van der Waals surface area contributed by atoms with Gasteiger partial charge in [-0.1, -0.05) is 19.8 Å². The monoisotopic (exact) mass is 256 g/mol. The fourth-order valence-electron chi connectivity index (χ4n) is 2.36. The van der Waals surface area contributed by atoms with Gasteiger partial charge in [0.2, 0.25) is 5.91 Å². The highest BCUT2D eigenvalue weighted by atomic mass is 16.4. The van der Waals surface area contributed by atoms with E-state index in [-0.39, 0.29) is 23.8 Å². The van der Waals surface area contributed by atoms with Gasteiger partial charge < -0.3 is 16.2 Å². The van der Waals surface area contributed by atoms with Gasteiger partial charge in [0.25, 0.3) is 0 Å². The normalized spacial score (nSPS) is 25.4. The highest BCUT2D eigenvalue weighted by Crippen LogP contribution is 2.22. The van der Waals surface area contributed by atoms with Crippen LogP contribution in [0.1, 0.15) is 45.4 Å². The van der Waals surface area contributed by atoms with Crippen LogP contribution in [-0.4, -0.2) is 29.6 Å². The molecule has 1 aliphatic rings. The summed E-state index contributed by atoms with van der Waals surface area (Å²) in [4.78, 5) is 22.5. The van der Waals surface area contributed by atoms with Crippen molar-refractivity contribution in [1.29, 1.82) is 0 Å². The van der Waals surface area contributed by atoms with Gasteiger partial charge in [0.05, 0.1) is 11.8 Å². The van der Waals surface area contributed by atoms with Crippen molar-refractivity contribution >= 4 is 11.9 Å². The van der Waals surface area contributed by atoms with Crippen molar-refractivity contribution in [3.63, 3.8) is 0 Å². The smallest absolute Gasteiger partial charge is 0.306 e. The van der Waals surface area contributed by atoms with E-state index >= 15 is 0 Å². The molecule has 0 spiro atoms. The fourth-order valence-corrected chi connectivity index (χ4v) is 2.36. The van der Waals surface area contributed by atoms with Crippen LogP contribution in [0.3, 0.4) is 0 Å². The number of amides is 1. The molecule has 3 atom stereocenters. The van der Waals surface area contributed by atoms with Crippen LogP contribution in [0.15, 0.2) is 0 Å². The molecule has 18 heavy (non-hydrogen) atoms. The number of carboxylic acids is 1. The minimum atomic E-state index is -0.782. The van der Waals surface area contributed by atoms with Crippen molar-refractivity contribution in [2.75, 3.05) is 6.54 Å². The lowest BCUT2D eigenvalue weighted by atomic mass is 9.84. The van der Waals surface area contributed by atoms with Gasteiger partial charge in [0, 0.05) is 12.6 Å². The van der Waals surface area contributed by atoms with Gasteiger partial charge in [-0.25, -0.2) is 0 Å². The first kappa shape index (κ1) is 15.0. The van der Waals surface area contributed by atoms with Crippen LogP contribution in [0.2, 0.25) is 0 Å². The average molecular weight is 256 g/mol. The van der Waals surface area contributed by atoms with Crippen molar-refractivity contribution in [1.82, 2.24) is 5.32 Å². The Labute approximate surface area is 108 Å². The average Bonchev–Trinajstić information content (AvgIpc) is 2.34. The number of nitrogens with two attached hydrogens (primary N) is 1. The molecule has 0 aliphatic heterocycles. The Morgan fingerprint density at radius 1 is 1.39 bits per heavy atom. The molecule has 0 bridgehead atoms. The third-order valence-electron chi connectivity index (χ3n) is 3.69. The Kier molecular flexibility index (Phi) is 6.12. The van der Waals surface area contributed by atoms with Gasteiger partial charge in [-0.3, -0.25) is 9.59 Å². The van der Waals surface area contributed by atoms with Crippen LogP contribution in [0.4, 0.5) is 0 Å². The first-order valence-corrected chi connectivity index (χ1v) is 6.78. The van der Waals surface area contributed by atoms with Crippen LogP contribution in [-0.2, 0) is 9.59 Å². The molecule has 0 aromatic heterocycles. The third-order valence-corrected chi connectivity index (χ3v) is 3.69. The predicted molar refractivity (Wildman–Crippen MR) is 69.0 cm³/mol. The second-order valence-corrected chi connectivity index (χ2v) is 5.23. The van der Waals surface area contributed by atoms with Crippen molar-refractivity contribution in [2.24, 2.45) is 17.6 Å². The number of nitrogens with one attached hydrogen (secondary N) is 1. The van der Waals surface area contributed by atoms with Crippen molar-refractivity contribution in [3.8, 4) is 0 Å². The summed E-state index contributed by atoms with van der Waals surface area (Å²) >= 11 is 0. The van der Waals surface area contributed by atoms with Crippen LogP contribution >= 0.6 is 0 Å². The van der Waals surface area contributed by atoms with Crippen LogP contribution in [0.5, 0.6) is 0 Å². The van der Waals surface area contributed by atoms with E-state index in [4.69, 9.17) is 10.8 Å². The largest absolute Gasteiger partial charge is 0.481 e. The first-order valence-electron chi connectivity index (χ1n) is 6.78. The Bertz CT molecular complexity index is 294. The molecule has 0 saturated heterocycles. The van der Waals surface area contributed by atoms with E-state index in [1.54, 1.807) is 6.92 Å². The second kappa shape index (κ2) is 7.36. The van der Waals surface area contributed by atoms with E-state index in [9.17, 15) is 9.59 Å². The molecule has 1 saturated carbocycles. The Hall–Kier alpha value is -1.10. The molecule has 5 nitrogen and oxygen atoms in total. The second-order valence-electron chi connectivity index (χ2n) is 5.23. The molecule has 0 aromatic rings. The van der Waals surface area contributed by atoms with Gasteiger partial charge in [-0.05, 0) is 25.7 Å². The third kappa shape index (κ3) is 4.64. The number of hydrogen-bond donors (Lipinski definition) is 3. The Morgan fingerprint density at radius 3 is 2.67 bits per heavy atom. The molecule has 0 aromatic carbocycles. The summed E-state index contributed by atoms with van der Waals surface area (Å²) < 4.78 is 0. The van der Waals surface area contributed by atoms with Gasteiger partial charge in [0.1, 0.15) is 0 Å². The van der Waals surface area contributed by atoms with E-state index in [1.165, 1.54) is 0 Å². The van der Waals surface area contributed by atoms with Crippen LogP contribution < -0.4 is 11.1 Å². The van der Waals surface area contributed by atoms with E-state index < -0.39 is 5.97 Å². The molecule has 4 N–H and O–H groups in total. The molecule has 3 unspecified atom stereocenters. The number of rotatable bonds is 6. The maximum atomic E-state index is 11.9. The summed E-state index contributed by atoms with van der Waals surface area (Å²) in [6.07, 6.45) is 5.27. The molecule has 1 rings (SSSR count). The lowest BCUT2D eigenvalue weighted by molar-refractivity contribution is -0.141. The minimum absolute atomic E-state index is 0.0170. The minimum Gasteiger partial charge on any atom is -0.481 e. The Morgan fingerprint density at radius 2 is 2.06 bits per heavy atom. The summed E-state index contributed by atoms with van der Waals surface area (Å²) in [5, 5.41) is 11.6. The standard InChI is InChI=1S/C13H24N2O3/c1-9(13(17)18)5-4-8-15-12(16)10-6-2-3-7-11(10)14/h9-11H,2-8,14H2,1H3,(H,15,16)(H,17,18). The Balaban J connectivity index is 2.18. The molecule has 1 fully saturated rings. The maximum Gasteiger partial charge on any atom is 0.306 e. The fraction of sp³-hybridized carbons (Fsp3) is 0.846. The molecule has 0 radical (unpaired) electrons. The SMILES string of the molecule is CC(CCCNC(=O)C1CCCCC1N)C(=O)O. The van der Waals surface area contributed by atoms with Crippen LogP contribution in [0.25, 0.3) is 0 Å². The van der Waals surface area contributed by atoms with Crippen molar-refractivity contribution in [3.05, 3.63) is 0 Å². The predicted octanol–water partition coefficient (Wildman–Crippen LogP) is 1.12. The molecule has 0 heterocycles. The molecular formula is C13H24N2O3. The summed E-state index contributed by atoms with van der Waals surface area (Å²) in [7, 11) is 0. The van der Waals surface area contributed by atoms with Gasteiger partial charge in [-0.2, -0.15) is 0 Å². The topological polar surface area (TPSA) is 92.4 Å². The maximum absolute atomic E-state index is 11.9. The van der Waals surface area contributed by atoms with E-state index in [2.05, 4.69) is 5.32 Å². The number of carboxylic acid groups (broad SMARTS) is 1. The van der Waals surface area contributed by atoms with Gasteiger partial charge >= 0.3 is 5.97 Å². The van der Waals surface area contributed by atoms with E-state index in [1.807, 2.05) is 0 Å². The highest BCUT2D eigenvalue weighted by molar-refractivity contribution is 5.79. The van der Waals surface area contributed by atoms with Crippen molar-refractivity contribution < 1.29 is 14.7 Å². The summed E-state index contributed by atoms with van der Waals surface area (Å²) in [6, 6.07) is -0.0170. The van der Waals surface area contributed by atoms with Gasteiger partial charge in [0.15, 0.2) is 0 Å². The lowest BCUT2D eigenvalue weighted by Gasteiger charge is -2.27. The summed E-state index contributed by atoms with van der Waals surface area (Å²) in [5.74, 6) is -1.16. The first-order chi connectivity index (χ1) is 8.52. The molecule has 104 valence electrons. The number of carbonyl (C=O) groups excluding carboxylic acids is 1. The zero-order valence-electron chi connectivity index (χ0n) is 11.0. The number of aliphatic carboxylic acids is 1.